The van der Waals surface area contributed by atoms with E-state index in [1.54, 1.807) is 4.90 Å². The van der Waals surface area contributed by atoms with Crippen molar-refractivity contribution in [3.05, 3.63) is 41.7 Å². The van der Waals surface area contributed by atoms with Gasteiger partial charge in [-0.05, 0) is 25.0 Å². The molecule has 1 aliphatic carbocycles. The second kappa shape index (κ2) is 9.72. The molecule has 0 radical (unpaired) electrons. The van der Waals surface area contributed by atoms with Crippen molar-refractivity contribution in [3.63, 3.8) is 0 Å². The molecule has 1 aliphatic heterocycles. The topological polar surface area (TPSA) is 123 Å². The van der Waals surface area contributed by atoms with Crippen molar-refractivity contribution < 1.29 is 18.3 Å². The van der Waals surface area contributed by atoms with Crippen LogP contribution in [-0.2, 0) is 4.74 Å². The van der Waals surface area contributed by atoms with Gasteiger partial charge in [0.15, 0.2) is 11.6 Å². The van der Waals surface area contributed by atoms with Crippen molar-refractivity contribution in [1.29, 1.82) is 0 Å². The van der Waals surface area contributed by atoms with Gasteiger partial charge in [0.2, 0.25) is 11.7 Å². The number of carbonyl (C=O) groups is 1. The fourth-order valence-electron chi connectivity index (χ4n) is 4.01. The summed E-state index contributed by atoms with van der Waals surface area (Å²) >= 11 is 0. The Morgan fingerprint density at radius 3 is 2.53 bits per heavy atom. The Balaban J connectivity index is 1.70. The SMILES string of the molecule is NC(=O)c1ccc(N(NC2CCCCC2N)c2cnc(N3CCOCC3)c(F)c2F)nc1. The molecule has 172 valence electrons. The number of hydrazine groups is 1. The van der Waals surface area contributed by atoms with Crippen LogP contribution in [0.1, 0.15) is 36.0 Å². The number of rotatable bonds is 6. The third kappa shape index (κ3) is 4.64. The summed E-state index contributed by atoms with van der Waals surface area (Å²) in [7, 11) is 0. The number of nitrogens with two attached hydrogens (primary N) is 2. The number of halogens is 2. The Labute approximate surface area is 184 Å². The number of amides is 1. The van der Waals surface area contributed by atoms with Crippen molar-refractivity contribution in [2.75, 3.05) is 36.2 Å². The summed E-state index contributed by atoms with van der Waals surface area (Å²) in [5.74, 6) is -2.53. The van der Waals surface area contributed by atoms with Crippen LogP contribution in [0, 0.1) is 11.6 Å². The molecular formula is C21H27F2N7O2. The number of morpholine rings is 1. The van der Waals surface area contributed by atoms with Gasteiger partial charge in [-0.3, -0.25) is 9.80 Å². The van der Waals surface area contributed by atoms with Crippen LogP contribution in [0.4, 0.5) is 26.1 Å². The summed E-state index contributed by atoms with van der Waals surface area (Å²) in [6.45, 7) is 1.71. The van der Waals surface area contributed by atoms with Crippen LogP contribution >= 0.6 is 0 Å². The summed E-state index contributed by atoms with van der Waals surface area (Å²) in [6.07, 6.45) is 6.15. The van der Waals surface area contributed by atoms with E-state index in [-0.39, 0.29) is 35.0 Å². The molecule has 5 N–H and O–H groups in total. The molecule has 0 bridgehead atoms. The lowest BCUT2D eigenvalue weighted by Gasteiger charge is -2.35. The molecule has 1 amide bonds. The van der Waals surface area contributed by atoms with E-state index < -0.39 is 17.5 Å². The number of anilines is 3. The third-order valence-corrected chi connectivity index (χ3v) is 5.85. The Kier molecular flexibility index (Phi) is 6.77. The highest BCUT2D eigenvalue weighted by Crippen LogP contribution is 2.31. The number of nitrogens with one attached hydrogen (secondary N) is 1. The zero-order valence-corrected chi connectivity index (χ0v) is 17.6. The van der Waals surface area contributed by atoms with Crippen molar-refractivity contribution in [2.45, 2.75) is 37.8 Å². The van der Waals surface area contributed by atoms with Crippen LogP contribution in [0.3, 0.4) is 0 Å². The standard InChI is InChI=1S/C21H27F2N7O2/c22-18-16(12-27-21(19(18)23)29-7-9-32-10-8-29)30(28-15-4-2-1-3-14(15)24)17-6-5-13(11-26-17)20(25)31/h5-6,11-12,14-15,28H,1-4,7-10,24H2,(H2,25,31). The number of hydrogen-bond donors (Lipinski definition) is 3. The van der Waals surface area contributed by atoms with Gasteiger partial charge in [-0.15, -0.1) is 0 Å². The van der Waals surface area contributed by atoms with Crippen LogP contribution in [-0.4, -0.2) is 54.3 Å². The van der Waals surface area contributed by atoms with Gasteiger partial charge < -0.3 is 21.1 Å². The molecule has 1 saturated carbocycles. The third-order valence-electron chi connectivity index (χ3n) is 5.85. The average Bonchev–Trinajstić information content (AvgIpc) is 2.81. The number of hydrogen-bond acceptors (Lipinski definition) is 8. The maximum absolute atomic E-state index is 15.3. The first-order valence-corrected chi connectivity index (χ1v) is 10.7. The molecule has 2 fully saturated rings. The Hall–Kier alpha value is -2.89. The molecule has 9 nitrogen and oxygen atoms in total. The molecule has 3 heterocycles. The normalized spacial score (nSPS) is 21.4. The lowest BCUT2D eigenvalue weighted by Crippen LogP contribution is -2.53. The highest BCUT2D eigenvalue weighted by atomic mass is 19.2. The largest absolute Gasteiger partial charge is 0.378 e. The Morgan fingerprint density at radius 2 is 1.88 bits per heavy atom. The molecule has 2 aromatic rings. The molecule has 11 heteroatoms. The van der Waals surface area contributed by atoms with Gasteiger partial charge in [-0.25, -0.2) is 19.8 Å². The zero-order valence-electron chi connectivity index (χ0n) is 17.6. The highest BCUT2D eigenvalue weighted by molar-refractivity contribution is 5.92. The van der Waals surface area contributed by atoms with Gasteiger partial charge in [0.05, 0.1) is 25.0 Å². The fourth-order valence-corrected chi connectivity index (χ4v) is 4.01. The van der Waals surface area contributed by atoms with E-state index in [1.165, 1.54) is 29.5 Å². The Morgan fingerprint density at radius 1 is 1.12 bits per heavy atom. The van der Waals surface area contributed by atoms with E-state index in [9.17, 15) is 4.79 Å². The number of nitrogens with zero attached hydrogens (tertiary/aromatic N) is 4. The average molecular weight is 447 g/mol. The van der Waals surface area contributed by atoms with Gasteiger partial charge in [0, 0.05) is 31.4 Å². The van der Waals surface area contributed by atoms with E-state index in [0.717, 1.165) is 25.7 Å². The van der Waals surface area contributed by atoms with Gasteiger partial charge in [0.25, 0.3) is 0 Å². The van der Waals surface area contributed by atoms with Crippen molar-refractivity contribution in [2.24, 2.45) is 11.5 Å². The lowest BCUT2D eigenvalue weighted by molar-refractivity contribution is 0.1000. The zero-order chi connectivity index (χ0) is 22.7. The first kappa shape index (κ1) is 22.3. The van der Waals surface area contributed by atoms with Crippen LogP contribution in [0.5, 0.6) is 0 Å². The van der Waals surface area contributed by atoms with Gasteiger partial charge >= 0.3 is 0 Å². The lowest BCUT2D eigenvalue weighted by atomic mass is 9.91. The first-order valence-electron chi connectivity index (χ1n) is 10.7. The van der Waals surface area contributed by atoms with Gasteiger partial charge in [0.1, 0.15) is 11.5 Å². The summed E-state index contributed by atoms with van der Waals surface area (Å²) in [6, 6.07) is 2.67. The predicted octanol–water partition coefficient (Wildman–Crippen LogP) is 1.60. The summed E-state index contributed by atoms with van der Waals surface area (Å²) < 4.78 is 35.7. The molecule has 0 spiro atoms. The van der Waals surface area contributed by atoms with Crippen LogP contribution in [0.15, 0.2) is 24.5 Å². The summed E-state index contributed by atoms with van der Waals surface area (Å²) in [4.78, 5) is 21.5. The fraction of sp³-hybridized carbons (Fsp3) is 0.476. The van der Waals surface area contributed by atoms with Crippen LogP contribution in [0.2, 0.25) is 0 Å². The predicted molar refractivity (Wildman–Crippen MR) is 115 cm³/mol. The molecule has 4 rings (SSSR count). The first-order chi connectivity index (χ1) is 15.5. The smallest absolute Gasteiger partial charge is 0.250 e. The molecule has 0 aromatic carbocycles. The minimum Gasteiger partial charge on any atom is -0.378 e. The number of ether oxygens (including phenoxy) is 1. The maximum Gasteiger partial charge on any atom is 0.250 e. The number of primary amides is 1. The minimum atomic E-state index is -1.06. The summed E-state index contributed by atoms with van der Waals surface area (Å²) in [5.41, 5.74) is 14.8. The molecule has 2 aliphatic rings. The number of pyridine rings is 2. The van der Waals surface area contributed by atoms with E-state index in [0.29, 0.717) is 26.3 Å². The molecule has 2 atom stereocenters. The molecule has 2 unspecified atom stereocenters. The molecule has 32 heavy (non-hydrogen) atoms. The highest BCUT2D eigenvalue weighted by Gasteiger charge is 2.29. The maximum atomic E-state index is 15.3. The van der Waals surface area contributed by atoms with E-state index >= 15 is 8.78 Å². The van der Waals surface area contributed by atoms with Gasteiger partial charge in [-0.2, -0.15) is 4.39 Å². The second-order valence-corrected chi connectivity index (χ2v) is 7.98. The number of carbonyl (C=O) groups excluding carboxylic acids is 1. The summed E-state index contributed by atoms with van der Waals surface area (Å²) in [5, 5.41) is 1.34. The van der Waals surface area contributed by atoms with Crippen molar-refractivity contribution in [1.82, 2.24) is 15.4 Å². The second-order valence-electron chi connectivity index (χ2n) is 7.98. The van der Waals surface area contributed by atoms with Crippen molar-refractivity contribution >= 4 is 23.2 Å². The van der Waals surface area contributed by atoms with Crippen molar-refractivity contribution in [3.8, 4) is 0 Å². The van der Waals surface area contributed by atoms with E-state index in [1.807, 2.05) is 0 Å². The minimum absolute atomic E-state index is 0.0547. The monoisotopic (exact) mass is 447 g/mol. The van der Waals surface area contributed by atoms with Crippen LogP contribution in [0.25, 0.3) is 0 Å². The van der Waals surface area contributed by atoms with Crippen LogP contribution < -0.4 is 26.8 Å². The molecule has 1 saturated heterocycles. The van der Waals surface area contributed by atoms with E-state index in [2.05, 4.69) is 15.4 Å². The van der Waals surface area contributed by atoms with Gasteiger partial charge in [-0.1, -0.05) is 12.8 Å². The van der Waals surface area contributed by atoms with E-state index in [4.69, 9.17) is 16.2 Å². The molecular weight excluding hydrogens is 420 g/mol. The molecule has 2 aromatic heterocycles. The number of aromatic nitrogens is 2. The Bertz CT molecular complexity index is 954. The quantitative estimate of drug-likeness (QED) is 0.571.